The normalized spacial score (nSPS) is 35.6. The molecule has 2 N–H and O–H groups in total. The number of aliphatic carboxylic acids is 1. The molecule has 122 valence electrons. The summed E-state index contributed by atoms with van der Waals surface area (Å²) in [5, 5.41) is 13.1. The Labute approximate surface area is 129 Å². The second-order valence-corrected chi connectivity index (χ2v) is 7.69. The van der Waals surface area contributed by atoms with Gasteiger partial charge in [-0.1, -0.05) is 13.3 Å². The molecule has 0 spiro atoms. The van der Waals surface area contributed by atoms with Gasteiger partial charge in [-0.3, -0.25) is 10.1 Å². The zero-order chi connectivity index (χ0) is 15.6. The lowest BCUT2D eigenvalue weighted by Crippen LogP contribution is -2.57. The van der Waals surface area contributed by atoms with Crippen molar-refractivity contribution in [1.29, 1.82) is 0 Å². The standard InChI is InChI=1S/C17H32N2O2/c1-12(2)18-17(16(20)21)8-5-6-15(17)7-9-19(4)11-14-10-13(14)3/h12-15,18H,5-11H2,1-4H3,(H,20,21). The Hall–Kier alpha value is -0.610. The van der Waals surface area contributed by atoms with Crippen LogP contribution in [-0.2, 0) is 4.79 Å². The van der Waals surface area contributed by atoms with Crippen molar-refractivity contribution in [3.63, 3.8) is 0 Å². The zero-order valence-corrected chi connectivity index (χ0v) is 14.1. The van der Waals surface area contributed by atoms with Crippen molar-refractivity contribution in [2.75, 3.05) is 20.1 Å². The average Bonchev–Trinajstić information content (AvgIpc) is 2.91. The molecule has 0 radical (unpaired) electrons. The molecule has 0 aromatic rings. The fourth-order valence-electron chi connectivity index (χ4n) is 4.04. The number of hydrogen-bond acceptors (Lipinski definition) is 3. The molecular weight excluding hydrogens is 264 g/mol. The van der Waals surface area contributed by atoms with Crippen molar-refractivity contribution < 1.29 is 9.90 Å². The second kappa shape index (κ2) is 6.66. The Morgan fingerprint density at radius 1 is 1.48 bits per heavy atom. The minimum absolute atomic E-state index is 0.215. The van der Waals surface area contributed by atoms with Crippen molar-refractivity contribution in [2.24, 2.45) is 17.8 Å². The molecule has 0 saturated heterocycles. The van der Waals surface area contributed by atoms with Crippen LogP contribution >= 0.6 is 0 Å². The van der Waals surface area contributed by atoms with Gasteiger partial charge in [0.1, 0.15) is 5.54 Å². The van der Waals surface area contributed by atoms with Crippen molar-refractivity contribution in [3.05, 3.63) is 0 Å². The van der Waals surface area contributed by atoms with Crippen molar-refractivity contribution >= 4 is 5.97 Å². The molecule has 2 saturated carbocycles. The van der Waals surface area contributed by atoms with Crippen LogP contribution in [0.3, 0.4) is 0 Å². The highest BCUT2D eigenvalue weighted by Gasteiger charge is 2.49. The van der Waals surface area contributed by atoms with Gasteiger partial charge in [-0.15, -0.1) is 0 Å². The number of nitrogens with one attached hydrogen (secondary N) is 1. The Bertz CT molecular complexity index is 372. The molecule has 4 nitrogen and oxygen atoms in total. The van der Waals surface area contributed by atoms with E-state index in [0.717, 1.165) is 44.1 Å². The van der Waals surface area contributed by atoms with Gasteiger partial charge in [0.25, 0.3) is 0 Å². The summed E-state index contributed by atoms with van der Waals surface area (Å²) in [4.78, 5) is 14.3. The van der Waals surface area contributed by atoms with Crippen LogP contribution in [0.25, 0.3) is 0 Å². The summed E-state index contributed by atoms with van der Waals surface area (Å²) in [6.45, 7) is 8.59. The van der Waals surface area contributed by atoms with E-state index in [4.69, 9.17) is 0 Å². The van der Waals surface area contributed by atoms with Crippen LogP contribution < -0.4 is 5.32 Å². The molecule has 2 rings (SSSR count). The minimum atomic E-state index is -0.693. The van der Waals surface area contributed by atoms with E-state index in [2.05, 4.69) is 24.2 Å². The first kappa shape index (κ1) is 16.8. The molecule has 0 heterocycles. The minimum Gasteiger partial charge on any atom is -0.480 e. The van der Waals surface area contributed by atoms with Crippen molar-refractivity contribution in [2.45, 2.75) is 64.5 Å². The highest BCUT2D eigenvalue weighted by atomic mass is 16.4. The maximum atomic E-state index is 11.9. The first-order valence-corrected chi connectivity index (χ1v) is 8.54. The number of hydrogen-bond donors (Lipinski definition) is 2. The summed E-state index contributed by atoms with van der Waals surface area (Å²) in [5.74, 6) is 1.37. The number of carboxylic acid groups (broad SMARTS) is 1. The first-order valence-electron chi connectivity index (χ1n) is 8.54. The van der Waals surface area contributed by atoms with Crippen LogP contribution in [0.2, 0.25) is 0 Å². The lowest BCUT2D eigenvalue weighted by atomic mass is 9.83. The Kier molecular flexibility index (Phi) is 5.31. The van der Waals surface area contributed by atoms with Crippen LogP contribution in [-0.4, -0.2) is 47.7 Å². The summed E-state index contributed by atoms with van der Waals surface area (Å²) in [5.41, 5.74) is -0.693. The molecule has 2 aliphatic rings. The third kappa shape index (κ3) is 3.98. The Morgan fingerprint density at radius 3 is 2.67 bits per heavy atom. The summed E-state index contributed by atoms with van der Waals surface area (Å²) < 4.78 is 0. The number of nitrogens with zero attached hydrogens (tertiary/aromatic N) is 1. The topological polar surface area (TPSA) is 52.6 Å². The highest BCUT2D eigenvalue weighted by molar-refractivity contribution is 5.79. The maximum absolute atomic E-state index is 11.9. The van der Waals surface area contributed by atoms with E-state index < -0.39 is 11.5 Å². The summed E-state index contributed by atoms with van der Waals surface area (Å²) >= 11 is 0. The van der Waals surface area contributed by atoms with Crippen LogP contribution in [0.4, 0.5) is 0 Å². The van der Waals surface area contributed by atoms with Gasteiger partial charge in [0.05, 0.1) is 0 Å². The molecule has 2 aliphatic carbocycles. The fourth-order valence-corrected chi connectivity index (χ4v) is 4.04. The lowest BCUT2D eigenvalue weighted by Gasteiger charge is -2.35. The third-order valence-electron chi connectivity index (χ3n) is 5.43. The Balaban J connectivity index is 1.88. The summed E-state index contributed by atoms with van der Waals surface area (Å²) in [7, 11) is 2.18. The molecular formula is C17H32N2O2. The molecule has 21 heavy (non-hydrogen) atoms. The van der Waals surface area contributed by atoms with Crippen molar-refractivity contribution in [1.82, 2.24) is 10.2 Å². The van der Waals surface area contributed by atoms with E-state index in [1.165, 1.54) is 13.0 Å². The molecule has 4 heteroatoms. The average molecular weight is 296 g/mol. The molecule has 4 unspecified atom stereocenters. The maximum Gasteiger partial charge on any atom is 0.324 e. The van der Waals surface area contributed by atoms with E-state index in [1.807, 2.05) is 13.8 Å². The predicted molar refractivity (Wildman–Crippen MR) is 85.4 cm³/mol. The lowest BCUT2D eigenvalue weighted by molar-refractivity contribution is -0.147. The smallest absolute Gasteiger partial charge is 0.324 e. The van der Waals surface area contributed by atoms with E-state index in [-0.39, 0.29) is 12.0 Å². The van der Waals surface area contributed by atoms with E-state index in [0.29, 0.717) is 0 Å². The molecule has 4 atom stereocenters. The SMILES string of the molecule is CC(C)NC1(C(=O)O)CCCC1CCN(C)CC1CC1C. The van der Waals surface area contributed by atoms with Gasteiger partial charge >= 0.3 is 5.97 Å². The largest absolute Gasteiger partial charge is 0.480 e. The summed E-state index contributed by atoms with van der Waals surface area (Å²) in [6, 6.07) is 0.215. The van der Waals surface area contributed by atoms with Gasteiger partial charge in [-0.2, -0.15) is 0 Å². The summed E-state index contributed by atoms with van der Waals surface area (Å²) in [6.07, 6.45) is 5.19. The number of carboxylic acids is 1. The molecule has 0 aromatic heterocycles. The van der Waals surface area contributed by atoms with Gasteiger partial charge in [0.15, 0.2) is 0 Å². The van der Waals surface area contributed by atoms with E-state index in [1.54, 1.807) is 0 Å². The van der Waals surface area contributed by atoms with Crippen LogP contribution in [0.15, 0.2) is 0 Å². The quantitative estimate of drug-likeness (QED) is 0.723. The monoisotopic (exact) mass is 296 g/mol. The molecule has 0 bridgehead atoms. The zero-order valence-electron chi connectivity index (χ0n) is 14.1. The molecule has 2 fully saturated rings. The highest BCUT2D eigenvalue weighted by Crippen LogP contribution is 2.40. The molecule has 0 aromatic carbocycles. The van der Waals surface area contributed by atoms with Gasteiger partial charge in [-0.25, -0.2) is 0 Å². The van der Waals surface area contributed by atoms with E-state index >= 15 is 0 Å². The fraction of sp³-hybridized carbons (Fsp3) is 0.941. The van der Waals surface area contributed by atoms with Crippen molar-refractivity contribution in [3.8, 4) is 0 Å². The molecule has 0 amide bonds. The van der Waals surface area contributed by atoms with Crippen LogP contribution in [0.1, 0.15) is 52.9 Å². The Morgan fingerprint density at radius 2 is 2.14 bits per heavy atom. The van der Waals surface area contributed by atoms with Gasteiger partial charge in [-0.05, 0) is 70.9 Å². The van der Waals surface area contributed by atoms with Crippen LogP contribution in [0, 0.1) is 17.8 Å². The molecule has 0 aliphatic heterocycles. The second-order valence-electron chi connectivity index (χ2n) is 7.69. The van der Waals surface area contributed by atoms with Gasteiger partial charge in [0.2, 0.25) is 0 Å². The van der Waals surface area contributed by atoms with Crippen LogP contribution in [0.5, 0.6) is 0 Å². The van der Waals surface area contributed by atoms with Gasteiger partial charge in [0, 0.05) is 12.6 Å². The predicted octanol–water partition coefficient (Wildman–Crippen LogP) is 2.59. The van der Waals surface area contributed by atoms with Gasteiger partial charge < -0.3 is 10.0 Å². The third-order valence-corrected chi connectivity index (χ3v) is 5.43. The number of carbonyl (C=O) groups is 1. The van der Waals surface area contributed by atoms with E-state index in [9.17, 15) is 9.90 Å². The first-order chi connectivity index (χ1) is 9.85. The number of rotatable bonds is 8.